The van der Waals surface area contributed by atoms with Crippen LogP contribution < -0.4 is 0 Å². The Hall–Kier alpha value is -0.920. The third-order valence-corrected chi connectivity index (χ3v) is 6.59. The topological polar surface area (TPSA) is 71.5 Å². The Balaban J connectivity index is 1.86. The molecule has 8 heteroatoms. The zero-order chi connectivity index (χ0) is 15.6. The van der Waals surface area contributed by atoms with Crippen LogP contribution >= 0.6 is 22.9 Å². The fourth-order valence-electron chi connectivity index (χ4n) is 2.27. The van der Waals surface area contributed by atoms with E-state index in [9.17, 15) is 18.0 Å². The summed E-state index contributed by atoms with van der Waals surface area (Å²) in [5.41, 5.74) is 0. The van der Waals surface area contributed by atoms with Crippen molar-refractivity contribution >= 4 is 44.5 Å². The van der Waals surface area contributed by atoms with Crippen LogP contribution in [0, 0.1) is 0 Å². The van der Waals surface area contributed by atoms with Crippen LogP contribution in [0.2, 0.25) is 4.34 Å². The van der Waals surface area contributed by atoms with Gasteiger partial charge in [-0.05, 0) is 18.6 Å². The second-order valence-electron chi connectivity index (χ2n) is 5.09. The summed E-state index contributed by atoms with van der Waals surface area (Å²) in [6, 6.07) is 3.03. The van der Waals surface area contributed by atoms with Crippen molar-refractivity contribution < 1.29 is 18.0 Å². The van der Waals surface area contributed by atoms with Gasteiger partial charge in [0.05, 0.1) is 20.7 Å². The van der Waals surface area contributed by atoms with E-state index in [1.807, 2.05) is 0 Å². The van der Waals surface area contributed by atoms with Crippen LogP contribution in [0.1, 0.15) is 28.9 Å². The average Bonchev–Trinajstić information content (AvgIpc) is 3.00. The van der Waals surface area contributed by atoms with Gasteiger partial charge in [0, 0.05) is 25.9 Å². The number of sulfone groups is 1. The first-order valence-corrected chi connectivity index (χ1v) is 9.55. The summed E-state index contributed by atoms with van der Waals surface area (Å²) in [6.07, 6.45) is 0.667. The largest absolute Gasteiger partial charge is 0.342 e. The minimum absolute atomic E-state index is 0.0176. The van der Waals surface area contributed by atoms with Crippen molar-refractivity contribution in [2.45, 2.75) is 25.3 Å². The van der Waals surface area contributed by atoms with Gasteiger partial charge in [-0.2, -0.15) is 0 Å². The van der Waals surface area contributed by atoms with Gasteiger partial charge in [-0.1, -0.05) is 11.6 Å². The van der Waals surface area contributed by atoms with E-state index < -0.39 is 9.84 Å². The van der Waals surface area contributed by atoms with Crippen molar-refractivity contribution in [3.05, 3.63) is 21.3 Å². The third kappa shape index (κ3) is 4.28. The maximum atomic E-state index is 12.0. The van der Waals surface area contributed by atoms with Crippen molar-refractivity contribution in [3.8, 4) is 0 Å². The Morgan fingerprint density at radius 3 is 2.62 bits per heavy atom. The molecule has 2 rings (SSSR count). The summed E-state index contributed by atoms with van der Waals surface area (Å²) >= 11 is 6.96. The highest BCUT2D eigenvalue weighted by Gasteiger charge is 2.32. The molecule has 1 aliphatic rings. The van der Waals surface area contributed by atoms with Gasteiger partial charge in [-0.3, -0.25) is 9.59 Å². The lowest BCUT2D eigenvalue weighted by Crippen LogP contribution is -2.37. The Morgan fingerprint density at radius 1 is 1.38 bits per heavy atom. The SMILES string of the molecule is CN(C(=O)CCC(=O)c1ccc(Cl)s1)C1CCS(=O)(=O)C1. The number of nitrogens with zero attached hydrogens (tertiary/aromatic N) is 1. The lowest BCUT2D eigenvalue weighted by Gasteiger charge is -2.23. The van der Waals surface area contributed by atoms with E-state index in [-0.39, 0.29) is 42.1 Å². The zero-order valence-corrected chi connectivity index (χ0v) is 13.9. The number of carbonyl (C=O) groups excluding carboxylic acids is 2. The smallest absolute Gasteiger partial charge is 0.223 e. The fraction of sp³-hybridized carbons (Fsp3) is 0.538. The van der Waals surface area contributed by atoms with Crippen LogP contribution in [-0.2, 0) is 14.6 Å². The molecule has 0 aromatic carbocycles. The van der Waals surface area contributed by atoms with Crippen molar-refractivity contribution in [1.82, 2.24) is 4.90 Å². The Bertz CT molecular complexity index is 653. The highest BCUT2D eigenvalue weighted by molar-refractivity contribution is 7.91. The van der Waals surface area contributed by atoms with Crippen molar-refractivity contribution in [2.75, 3.05) is 18.6 Å². The number of Topliss-reactive ketones (excluding diaryl/α,β-unsaturated/α-hetero) is 1. The number of carbonyl (C=O) groups is 2. The molecule has 1 fully saturated rings. The van der Waals surface area contributed by atoms with E-state index in [0.29, 0.717) is 15.6 Å². The molecule has 1 saturated heterocycles. The van der Waals surface area contributed by atoms with E-state index in [2.05, 4.69) is 0 Å². The molecule has 0 radical (unpaired) electrons. The van der Waals surface area contributed by atoms with Crippen molar-refractivity contribution in [3.63, 3.8) is 0 Å². The van der Waals surface area contributed by atoms with Gasteiger partial charge in [0.1, 0.15) is 0 Å². The van der Waals surface area contributed by atoms with Crippen LogP contribution in [-0.4, -0.2) is 49.6 Å². The molecule has 0 spiro atoms. The van der Waals surface area contributed by atoms with Gasteiger partial charge in [-0.15, -0.1) is 11.3 Å². The molecule has 1 aliphatic heterocycles. The Labute approximate surface area is 132 Å². The minimum atomic E-state index is -3.02. The number of halogens is 1. The summed E-state index contributed by atoms with van der Waals surface area (Å²) in [6.45, 7) is 0. The second-order valence-corrected chi connectivity index (χ2v) is 9.03. The van der Waals surface area contributed by atoms with Gasteiger partial charge >= 0.3 is 0 Å². The van der Waals surface area contributed by atoms with Gasteiger partial charge in [-0.25, -0.2) is 8.42 Å². The second kappa shape index (κ2) is 6.46. The van der Waals surface area contributed by atoms with E-state index >= 15 is 0 Å². The molecule has 1 amide bonds. The van der Waals surface area contributed by atoms with E-state index in [0.717, 1.165) is 0 Å². The predicted octanol–water partition coefficient (Wildman–Crippen LogP) is 2.01. The van der Waals surface area contributed by atoms with E-state index in [1.54, 1.807) is 19.2 Å². The van der Waals surface area contributed by atoms with Crippen LogP contribution in [0.3, 0.4) is 0 Å². The number of amides is 1. The number of hydrogen-bond acceptors (Lipinski definition) is 5. The van der Waals surface area contributed by atoms with E-state index in [4.69, 9.17) is 11.6 Å². The molecule has 1 atom stereocenters. The molecule has 21 heavy (non-hydrogen) atoms. The predicted molar refractivity (Wildman–Crippen MR) is 82.7 cm³/mol. The summed E-state index contributed by atoms with van der Waals surface area (Å²) in [4.78, 5) is 25.9. The number of rotatable bonds is 5. The standard InChI is InChI=1S/C13H16ClNO4S2/c1-15(9-6-7-21(18,19)8-9)13(17)5-2-10(16)11-3-4-12(14)20-11/h3-4,9H,2,5-8H2,1H3. The maximum absolute atomic E-state index is 12.0. The Morgan fingerprint density at radius 2 is 2.10 bits per heavy atom. The molecular formula is C13H16ClNO4S2. The highest BCUT2D eigenvalue weighted by Crippen LogP contribution is 2.23. The molecule has 5 nitrogen and oxygen atoms in total. The molecule has 0 N–H and O–H groups in total. The molecule has 2 heterocycles. The van der Waals surface area contributed by atoms with Crippen molar-refractivity contribution in [2.24, 2.45) is 0 Å². The summed E-state index contributed by atoms with van der Waals surface area (Å²) < 4.78 is 23.4. The first kappa shape index (κ1) is 16.5. The van der Waals surface area contributed by atoms with Gasteiger partial charge in [0.15, 0.2) is 15.6 Å². The molecule has 1 aromatic rings. The number of thiophene rings is 1. The van der Waals surface area contributed by atoms with E-state index in [1.165, 1.54) is 16.2 Å². The summed E-state index contributed by atoms with van der Waals surface area (Å²) in [5, 5.41) is 0. The summed E-state index contributed by atoms with van der Waals surface area (Å²) in [5.74, 6) is -0.174. The van der Waals surface area contributed by atoms with Gasteiger partial charge in [0.2, 0.25) is 5.91 Å². The first-order valence-electron chi connectivity index (χ1n) is 6.53. The lowest BCUT2D eigenvalue weighted by molar-refractivity contribution is -0.131. The molecule has 1 unspecified atom stereocenters. The molecular weight excluding hydrogens is 334 g/mol. The first-order chi connectivity index (χ1) is 9.78. The Kier molecular flexibility index (Phi) is 5.06. The number of hydrogen-bond donors (Lipinski definition) is 0. The fourth-order valence-corrected chi connectivity index (χ4v) is 5.05. The number of ketones is 1. The third-order valence-electron chi connectivity index (χ3n) is 3.56. The molecule has 0 aliphatic carbocycles. The highest BCUT2D eigenvalue weighted by atomic mass is 35.5. The lowest BCUT2D eigenvalue weighted by atomic mass is 10.1. The average molecular weight is 350 g/mol. The van der Waals surface area contributed by atoms with Crippen LogP contribution in [0.5, 0.6) is 0 Å². The normalized spacial score (nSPS) is 20.4. The zero-order valence-electron chi connectivity index (χ0n) is 11.5. The van der Waals surface area contributed by atoms with Crippen molar-refractivity contribution in [1.29, 1.82) is 0 Å². The molecule has 1 aromatic heterocycles. The van der Waals surface area contributed by atoms with Gasteiger partial charge in [0.25, 0.3) is 0 Å². The van der Waals surface area contributed by atoms with Crippen LogP contribution in [0.4, 0.5) is 0 Å². The monoisotopic (exact) mass is 349 g/mol. The minimum Gasteiger partial charge on any atom is -0.342 e. The quantitative estimate of drug-likeness (QED) is 0.762. The molecule has 0 saturated carbocycles. The molecule has 116 valence electrons. The molecule has 0 bridgehead atoms. The van der Waals surface area contributed by atoms with Crippen LogP contribution in [0.25, 0.3) is 0 Å². The summed E-state index contributed by atoms with van der Waals surface area (Å²) in [7, 11) is -1.42. The van der Waals surface area contributed by atoms with Crippen LogP contribution in [0.15, 0.2) is 12.1 Å². The maximum Gasteiger partial charge on any atom is 0.223 e. The van der Waals surface area contributed by atoms with Gasteiger partial charge < -0.3 is 4.90 Å².